The molecule has 1 rings (SSSR count). The van der Waals surface area contributed by atoms with E-state index in [1.54, 1.807) is 0 Å². The molecule has 0 aromatic carbocycles. The molecule has 82 valence electrons. The first-order valence-electron chi connectivity index (χ1n) is 5.82. The predicted molar refractivity (Wildman–Crippen MR) is 57.0 cm³/mol. The number of esters is 1. The Hall–Kier alpha value is -0.530. The van der Waals surface area contributed by atoms with Crippen molar-refractivity contribution in [2.24, 2.45) is 11.8 Å². The van der Waals surface area contributed by atoms with Crippen LogP contribution in [0.5, 0.6) is 0 Å². The van der Waals surface area contributed by atoms with Crippen molar-refractivity contribution in [1.29, 1.82) is 0 Å². The maximum absolute atomic E-state index is 10.5. The Balaban J connectivity index is 2.03. The van der Waals surface area contributed by atoms with Crippen LogP contribution in [-0.4, -0.2) is 12.6 Å². The number of rotatable bonds is 5. The third-order valence-corrected chi connectivity index (χ3v) is 3.13. The minimum absolute atomic E-state index is 0.155. The van der Waals surface area contributed by atoms with Gasteiger partial charge in [0.25, 0.3) is 0 Å². The first kappa shape index (κ1) is 11.5. The second-order valence-corrected chi connectivity index (χ2v) is 4.62. The zero-order valence-corrected chi connectivity index (χ0v) is 9.42. The highest BCUT2D eigenvalue weighted by atomic mass is 16.5. The lowest BCUT2D eigenvalue weighted by atomic mass is 9.93. The fourth-order valence-electron chi connectivity index (χ4n) is 2.34. The number of hydrogen-bond acceptors (Lipinski definition) is 2. The van der Waals surface area contributed by atoms with Crippen LogP contribution in [-0.2, 0) is 9.53 Å². The van der Waals surface area contributed by atoms with Crippen molar-refractivity contribution in [1.82, 2.24) is 0 Å². The van der Waals surface area contributed by atoms with Gasteiger partial charge in [-0.25, -0.2) is 0 Å². The average Bonchev–Trinajstić information content (AvgIpc) is 2.56. The molecule has 0 amide bonds. The summed E-state index contributed by atoms with van der Waals surface area (Å²) in [6.45, 7) is 4.34. The smallest absolute Gasteiger partial charge is 0.302 e. The summed E-state index contributed by atoms with van der Waals surface area (Å²) < 4.78 is 4.94. The third kappa shape index (κ3) is 4.64. The van der Waals surface area contributed by atoms with E-state index in [2.05, 4.69) is 6.92 Å². The summed E-state index contributed by atoms with van der Waals surface area (Å²) in [6.07, 6.45) is 8.01. The monoisotopic (exact) mass is 198 g/mol. The van der Waals surface area contributed by atoms with Crippen molar-refractivity contribution >= 4 is 5.97 Å². The molecule has 0 heterocycles. The summed E-state index contributed by atoms with van der Waals surface area (Å²) in [5.41, 5.74) is 0. The molecule has 1 aliphatic carbocycles. The number of carbonyl (C=O) groups excluding carboxylic acids is 1. The van der Waals surface area contributed by atoms with Gasteiger partial charge in [0, 0.05) is 6.92 Å². The van der Waals surface area contributed by atoms with Crippen LogP contribution in [0.15, 0.2) is 0 Å². The van der Waals surface area contributed by atoms with Gasteiger partial charge in [-0.3, -0.25) is 4.79 Å². The summed E-state index contributed by atoms with van der Waals surface area (Å²) in [6, 6.07) is 0. The molecule has 1 atom stereocenters. The summed E-state index contributed by atoms with van der Waals surface area (Å²) in [4.78, 5) is 10.5. The molecule has 0 radical (unpaired) electrons. The van der Waals surface area contributed by atoms with E-state index >= 15 is 0 Å². The van der Waals surface area contributed by atoms with Crippen LogP contribution >= 0.6 is 0 Å². The zero-order chi connectivity index (χ0) is 10.4. The largest absolute Gasteiger partial charge is 0.466 e. The standard InChI is InChI=1S/C12H22O2/c1-10(7-8-14-11(2)13)9-12-5-3-4-6-12/h10,12H,3-9H2,1-2H3. The lowest BCUT2D eigenvalue weighted by molar-refractivity contribution is -0.141. The van der Waals surface area contributed by atoms with Crippen LogP contribution in [0.2, 0.25) is 0 Å². The van der Waals surface area contributed by atoms with E-state index in [1.165, 1.54) is 39.0 Å². The molecule has 0 aromatic rings. The van der Waals surface area contributed by atoms with Crippen molar-refractivity contribution in [2.75, 3.05) is 6.61 Å². The topological polar surface area (TPSA) is 26.3 Å². The molecule has 0 aromatic heterocycles. The third-order valence-electron chi connectivity index (χ3n) is 3.13. The van der Waals surface area contributed by atoms with Gasteiger partial charge in [0.1, 0.15) is 0 Å². The summed E-state index contributed by atoms with van der Waals surface area (Å²) in [5.74, 6) is 1.50. The van der Waals surface area contributed by atoms with Crippen LogP contribution < -0.4 is 0 Å². The second kappa shape index (κ2) is 6.05. The van der Waals surface area contributed by atoms with Crippen LogP contribution in [0.1, 0.15) is 52.4 Å². The van der Waals surface area contributed by atoms with E-state index in [1.807, 2.05) is 0 Å². The van der Waals surface area contributed by atoms with E-state index in [4.69, 9.17) is 4.74 Å². The van der Waals surface area contributed by atoms with E-state index in [0.717, 1.165) is 12.3 Å². The number of hydrogen-bond donors (Lipinski definition) is 0. The van der Waals surface area contributed by atoms with Gasteiger partial charge in [0.2, 0.25) is 0 Å². The van der Waals surface area contributed by atoms with E-state index in [9.17, 15) is 4.79 Å². The number of ether oxygens (including phenoxy) is 1. The predicted octanol–water partition coefficient (Wildman–Crippen LogP) is 3.16. The molecule has 0 aliphatic heterocycles. The van der Waals surface area contributed by atoms with Gasteiger partial charge in [0.05, 0.1) is 6.61 Å². The van der Waals surface area contributed by atoms with Crippen LogP contribution in [0.4, 0.5) is 0 Å². The minimum atomic E-state index is -0.155. The van der Waals surface area contributed by atoms with Crippen LogP contribution in [0.25, 0.3) is 0 Å². The molecule has 1 fully saturated rings. The molecule has 0 bridgehead atoms. The van der Waals surface area contributed by atoms with Crippen LogP contribution in [0, 0.1) is 11.8 Å². The highest BCUT2D eigenvalue weighted by Crippen LogP contribution is 2.30. The van der Waals surface area contributed by atoms with Crippen molar-refractivity contribution < 1.29 is 9.53 Å². The zero-order valence-electron chi connectivity index (χ0n) is 9.42. The Labute approximate surface area is 87.0 Å². The van der Waals surface area contributed by atoms with Crippen LogP contribution in [0.3, 0.4) is 0 Å². The summed E-state index contributed by atoms with van der Waals surface area (Å²) in [7, 11) is 0. The van der Waals surface area contributed by atoms with Gasteiger partial charge in [0.15, 0.2) is 0 Å². The van der Waals surface area contributed by atoms with E-state index < -0.39 is 0 Å². The van der Waals surface area contributed by atoms with Gasteiger partial charge in [-0.1, -0.05) is 32.6 Å². The SMILES string of the molecule is CC(=O)OCCC(C)CC1CCCC1. The molecule has 1 aliphatic rings. The second-order valence-electron chi connectivity index (χ2n) is 4.62. The first-order chi connectivity index (χ1) is 6.68. The van der Waals surface area contributed by atoms with Gasteiger partial charge < -0.3 is 4.74 Å². The first-order valence-corrected chi connectivity index (χ1v) is 5.82. The van der Waals surface area contributed by atoms with E-state index in [0.29, 0.717) is 12.5 Å². The highest BCUT2D eigenvalue weighted by molar-refractivity contribution is 5.65. The van der Waals surface area contributed by atoms with Crippen molar-refractivity contribution in [3.05, 3.63) is 0 Å². The van der Waals surface area contributed by atoms with Crippen molar-refractivity contribution in [2.45, 2.75) is 52.4 Å². The van der Waals surface area contributed by atoms with Gasteiger partial charge in [-0.2, -0.15) is 0 Å². The van der Waals surface area contributed by atoms with Crippen molar-refractivity contribution in [3.63, 3.8) is 0 Å². The fraction of sp³-hybridized carbons (Fsp3) is 0.917. The molecule has 0 N–H and O–H groups in total. The quantitative estimate of drug-likeness (QED) is 0.634. The maximum atomic E-state index is 10.5. The summed E-state index contributed by atoms with van der Waals surface area (Å²) in [5, 5.41) is 0. The highest BCUT2D eigenvalue weighted by Gasteiger charge is 2.17. The Morgan fingerprint density at radius 3 is 2.64 bits per heavy atom. The molecule has 2 nitrogen and oxygen atoms in total. The van der Waals surface area contributed by atoms with E-state index in [-0.39, 0.29) is 5.97 Å². The minimum Gasteiger partial charge on any atom is -0.466 e. The molecule has 0 spiro atoms. The Bertz CT molecular complexity index is 171. The molecule has 1 unspecified atom stereocenters. The number of carbonyl (C=O) groups is 1. The Kier molecular flexibility index (Phi) is 4.99. The molecule has 0 saturated heterocycles. The van der Waals surface area contributed by atoms with Crippen molar-refractivity contribution in [3.8, 4) is 0 Å². The fourth-order valence-corrected chi connectivity index (χ4v) is 2.34. The maximum Gasteiger partial charge on any atom is 0.302 e. The molecular weight excluding hydrogens is 176 g/mol. The van der Waals surface area contributed by atoms with Gasteiger partial charge >= 0.3 is 5.97 Å². The Morgan fingerprint density at radius 1 is 1.43 bits per heavy atom. The molecule has 2 heteroatoms. The van der Waals surface area contributed by atoms with Gasteiger partial charge in [-0.15, -0.1) is 0 Å². The lowest BCUT2D eigenvalue weighted by Gasteiger charge is -2.15. The Morgan fingerprint density at radius 2 is 2.07 bits per heavy atom. The lowest BCUT2D eigenvalue weighted by Crippen LogP contribution is -2.08. The normalized spacial score (nSPS) is 19.6. The molecular formula is C12H22O2. The average molecular weight is 198 g/mol. The summed E-state index contributed by atoms with van der Waals surface area (Å²) >= 11 is 0. The van der Waals surface area contributed by atoms with Gasteiger partial charge in [-0.05, 0) is 24.7 Å². The molecule has 1 saturated carbocycles. The molecule has 14 heavy (non-hydrogen) atoms.